The Kier molecular flexibility index (Phi) is 8.15. The fourth-order valence-corrected chi connectivity index (χ4v) is 5.23. The summed E-state index contributed by atoms with van der Waals surface area (Å²) in [6, 6.07) is 19.2. The van der Waals surface area contributed by atoms with Crippen LogP contribution in [-0.2, 0) is 14.8 Å². The van der Waals surface area contributed by atoms with Crippen molar-refractivity contribution in [3.8, 4) is 0 Å². The van der Waals surface area contributed by atoms with Crippen LogP contribution in [0.5, 0.6) is 0 Å². The molecule has 0 bridgehead atoms. The zero-order valence-electron chi connectivity index (χ0n) is 18.8. The molecule has 0 aliphatic carbocycles. The molecule has 1 atom stereocenters. The fourth-order valence-electron chi connectivity index (χ4n) is 3.41. The molecule has 0 fully saturated rings. The zero-order chi connectivity index (χ0) is 24.0. The first-order valence-electron chi connectivity index (χ1n) is 10.5. The molecule has 0 heterocycles. The number of hydrogen-bond donors (Lipinski definition) is 1. The topological polar surface area (TPSA) is 66.5 Å². The van der Waals surface area contributed by atoms with Gasteiger partial charge in [0.25, 0.3) is 10.0 Å². The molecule has 0 aliphatic rings. The van der Waals surface area contributed by atoms with E-state index >= 15 is 0 Å². The molecule has 0 saturated heterocycles. The molecule has 3 aromatic carbocycles. The highest BCUT2D eigenvalue weighted by Crippen LogP contribution is 2.26. The maximum absolute atomic E-state index is 13.9. The van der Waals surface area contributed by atoms with E-state index in [1.54, 1.807) is 12.1 Å². The molecule has 0 aliphatic heterocycles. The number of anilines is 1. The number of carbonyl (C=O) groups excluding carboxylic acids is 1. The Morgan fingerprint density at radius 1 is 1.06 bits per heavy atom. The van der Waals surface area contributed by atoms with Gasteiger partial charge in [-0.3, -0.25) is 9.10 Å². The van der Waals surface area contributed by atoms with Crippen molar-refractivity contribution >= 4 is 33.4 Å². The van der Waals surface area contributed by atoms with E-state index < -0.39 is 28.3 Å². The smallest absolute Gasteiger partial charge is 0.264 e. The summed E-state index contributed by atoms with van der Waals surface area (Å²) in [4.78, 5) is 13.9. The minimum absolute atomic E-state index is 0.0305. The van der Waals surface area contributed by atoms with Gasteiger partial charge in [0.1, 0.15) is 12.4 Å². The predicted octanol–water partition coefficient (Wildman–Crippen LogP) is 5.32. The minimum Gasteiger partial charge on any atom is -0.348 e. The summed E-state index contributed by atoms with van der Waals surface area (Å²) in [5.74, 6) is -1.06. The molecule has 3 rings (SSSR count). The summed E-state index contributed by atoms with van der Waals surface area (Å²) in [6.45, 7) is 3.45. The van der Waals surface area contributed by atoms with E-state index in [9.17, 15) is 17.6 Å². The highest BCUT2D eigenvalue weighted by Gasteiger charge is 2.28. The van der Waals surface area contributed by atoms with Crippen LogP contribution in [0.3, 0.4) is 0 Å². The number of nitrogens with one attached hydrogen (secondary N) is 1. The first-order chi connectivity index (χ1) is 15.7. The lowest BCUT2D eigenvalue weighted by Crippen LogP contribution is -2.42. The van der Waals surface area contributed by atoms with Gasteiger partial charge >= 0.3 is 0 Å². The van der Waals surface area contributed by atoms with Crippen molar-refractivity contribution in [1.29, 1.82) is 0 Å². The normalized spacial score (nSPS) is 12.2. The summed E-state index contributed by atoms with van der Waals surface area (Å²) in [5, 5.41) is 2.92. The van der Waals surface area contributed by atoms with E-state index in [1.165, 1.54) is 42.1 Å². The maximum Gasteiger partial charge on any atom is 0.264 e. The van der Waals surface area contributed by atoms with Crippen LogP contribution in [0.25, 0.3) is 0 Å². The molecule has 1 amide bonds. The van der Waals surface area contributed by atoms with Gasteiger partial charge in [0.2, 0.25) is 5.91 Å². The van der Waals surface area contributed by atoms with Gasteiger partial charge in [0, 0.05) is 4.90 Å². The molecule has 1 N–H and O–H groups in total. The molecule has 0 saturated carbocycles. The van der Waals surface area contributed by atoms with Crippen LogP contribution in [-0.4, -0.2) is 27.1 Å². The van der Waals surface area contributed by atoms with Crippen LogP contribution in [0.2, 0.25) is 0 Å². The first kappa shape index (κ1) is 24.8. The number of rotatable bonds is 9. The molecule has 0 radical (unpaired) electrons. The van der Waals surface area contributed by atoms with Gasteiger partial charge in [-0.25, -0.2) is 12.8 Å². The standard InChI is InChI=1S/C25H27FN2O3S2/c1-4-24(19-10-8-18(2)9-11-19)27-25(29)17-28(21-7-5-6-20(26)16-21)33(30,31)23-14-12-22(32-3)13-15-23/h5-16,24H,4,17H2,1-3H3,(H,27,29). The second-order valence-electron chi connectivity index (χ2n) is 7.61. The SMILES string of the molecule is CCC(NC(=O)CN(c1cccc(F)c1)S(=O)(=O)c1ccc(SC)cc1)c1ccc(C)cc1. The van der Waals surface area contributed by atoms with E-state index in [0.29, 0.717) is 6.42 Å². The average Bonchev–Trinajstić information content (AvgIpc) is 2.81. The van der Waals surface area contributed by atoms with Gasteiger partial charge in [-0.05, 0) is 67.6 Å². The lowest BCUT2D eigenvalue weighted by atomic mass is 10.0. The van der Waals surface area contributed by atoms with Crippen molar-refractivity contribution in [1.82, 2.24) is 5.32 Å². The van der Waals surface area contributed by atoms with Gasteiger partial charge < -0.3 is 5.32 Å². The van der Waals surface area contributed by atoms with Crippen LogP contribution < -0.4 is 9.62 Å². The van der Waals surface area contributed by atoms with E-state index in [0.717, 1.165) is 26.4 Å². The van der Waals surface area contributed by atoms with Gasteiger partial charge in [-0.2, -0.15) is 0 Å². The highest BCUT2D eigenvalue weighted by atomic mass is 32.2. The molecule has 0 aromatic heterocycles. The van der Waals surface area contributed by atoms with E-state index in [1.807, 2.05) is 44.4 Å². The molecule has 0 spiro atoms. The van der Waals surface area contributed by atoms with Crippen LogP contribution in [0.15, 0.2) is 82.6 Å². The van der Waals surface area contributed by atoms with Crippen molar-refractivity contribution in [3.63, 3.8) is 0 Å². The second kappa shape index (κ2) is 10.9. The van der Waals surface area contributed by atoms with Crippen LogP contribution in [0, 0.1) is 12.7 Å². The van der Waals surface area contributed by atoms with Crippen molar-refractivity contribution in [2.24, 2.45) is 0 Å². The maximum atomic E-state index is 13.9. The third-order valence-electron chi connectivity index (χ3n) is 5.25. The molecule has 3 aromatic rings. The molecule has 8 heteroatoms. The summed E-state index contributed by atoms with van der Waals surface area (Å²) in [6.07, 6.45) is 2.53. The van der Waals surface area contributed by atoms with E-state index in [-0.39, 0.29) is 16.6 Å². The summed E-state index contributed by atoms with van der Waals surface area (Å²) >= 11 is 1.49. The third-order valence-corrected chi connectivity index (χ3v) is 7.79. The van der Waals surface area contributed by atoms with Gasteiger partial charge in [0.15, 0.2) is 0 Å². The Labute approximate surface area is 199 Å². The number of aryl methyl sites for hydroxylation is 1. The molecule has 174 valence electrons. The lowest BCUT2D eigenvalue weighted by molar-refractivity contribution is -0.120. The number of carbonyl (C=O) groups is 1. The molecule has 33 heavy (non-hydrogen) atoms. The lowest BCUT2D eigenvalue weighted by Gasteiger charge is -2.26. The quantitative estimate of drug-likeness (QED) is 0.416. The number of benzene rings is 3. The van der Waals surface area contributed by atoms with Crippen LogP contribution in [0.4, 0.5) is 10.1 Å². The van der Waals surface area contributed by atoms with Crippen molar-refractivity contribution in [2.75, 3.05) is 17.1 Å². The molecule has 5 nitrogen and oxygen atoms in total. The first-order valence-corrected chi connectivity index (χ1v) is 13.2. The Bertz CT molecular complexity index is 1200. The Morgan fingerprint density at radius 3 is 2.30 bits per heavy atom. The minimum atomic E-state index is -4.11. The number of halogens is 1. The summed E-state index contributed by atoms with van der Waals surface area (Å²) in [7, 11) is -4.11. The van der Waals surface area contributed by atoms with Crippen molar-refractivity contribution in [3.05, 3.63) is 89.7 Å². The molecular weight excluding hydrogens is 459 g/mol. The Balaban J connectivity index is 1.91. The number of hydrogen-bond acceptors (Lipinski definition) is 4. The van der Waals surface area contributed by atoms with Crippen LogP contribution >= 0.6 is 11.8 Å². The molecule has 1 unspecified atom stereocenters. The predicted molar refractivity (Wildman–Crippen MR) is 132 cm³/mol. The van der Waals surface area contributed by atoms with Crippen molar-refractivity contribution in [2.45, 2.75) is 36.1 Å². The third kappa shape index (κ3) is 6.15. The number of amides is 1. The largest absolute Gasteiger partial charge is 0.348 e. The highest BCUT2D eigenvalue weighted by molar-refractivity contribution is 7.98. The molecular formula is C25H27FN2O3S2. The van der Waals surface area contributed by atoms with Crippen LogP contribution in [0.1, 0.15) is 30.5 Å². The fraction of sp³-hybridized carbons (Fsp3) is 0.240. The summed E-state index contributed by atoms with van der Waals surface area (Å²) in [5.41, 5.74) is 2.13. The number of sulfonamides is 1. The van der Waals surface area contributed by atoms with Gasteiger partial charge in [-0.15, -0.1) is 11.8 Å². The number of thioether (sulfide) groups is 1. The number of nitrogens with zero attached hydrogens (tertiary/aromatic N) is 1. The average molecular weight is 487 g/mol. The van der Waals surface area contributed by atoms with E-state index in [2.05, 4.69) is 5.32 Å². The van der Waals surface area contributed by atoms with Crippen molar-refractivity contribution < 1.29 is 17.6 Å². The Morgan fingerprint density at radius 2 is 1.73 bits per heavy atom. The summed E-state index contributed by atoms with van der Waals surface area (Å²) < 4.78 is 41.8. The van der Waals surface area contributed by atoms with Gasteiger partial charge in [-0.1, -0.05) is 42.8 Å². The zero-order valence-corrected chi connectivity index (χ0v) is 20.4. The van der Waals surface area contributed by atoms with Gasteiger partial charge in [0.05, 0.1) is 16.6 Å². The van der Waals surface area contributed by atoms with E-state index in [4.69, 9.17) is 0 Å². The monoisotopic (exact) mass is 486 g/mol. The second-order valence-corrected chi connectivity index (χ2v) is 10.3. The Hall–Kier alpha value is -2.84.